The van der Waals surface area contributed by atoms with Crippen molar-refractivity contribution in [3.8, 4) is 0 Å². The van der Waals surface area contributed by atoms with E-state index in [0.29, 0.717) is 5.92 Å². The van der Waals surface area contributed by atoms with Gasteiger partial charge in [-0.25, -0.2) is 0 Å². The molecule has 4 fully saturated rings. The van der Waals surface area contributed by atoms with Gasteiger partial charge in [0.1, 0.15) is 5.60 Å². The summed E-state index contributed by atoms with van der Waals surface area (Å²) < 4.78 is 10.7. The second-order valence-corrected chi connectivity index (χ2v) is 5.23. The van der Waals surface area contributed by atoms with Crippen LogP contribution in [0.25, 0.3) is 0 Å². The SMILES string of the molecule is CC1(C)[C@@H]2C[C@H]1[C@@]1(C)O[C@H]1OC2=O. The molecule has 4 atom stereocenters. The lowest BCUT2D eigenvalue weighted by molar-refractivity contribution is -0.169. The Morgan fingerprint density at radius 2 is 2.08 bits per heavy atom. The van der Waals surface area contributed by atoms with E-state index < -0.39 is 0 Å². The number of carbonyl (C=O) groups is 1. The van der Waals surface area contributed by atoms with Gasteiger partial charge in [-0.1, -0.05) is 13.8 Å². The van der Waals surface area contributed by atoms with Crippen molar-refractivity contribution in [3.05, 3.63) is 0 Å². The van der Waals surface area contributed by atoms with Crippen LogP contribution >= 0.6 is 0 Å². The number of carbonyl (C=O) groups excluding carboxylic acids is 1. The number of hydrogen-bond donors (Lipinski definition) is 0. The number of fused-ring (bicyclic) bond motifs is 1. The van der Waals surface area contributed by atoms with Crippen LogP contribution in [0.2, 0.25) is 0 Å². The van der Waals surface area contributed by atoms with Crippen LogP contribution in [0.1, 0.15) is 27.2 Å². The Kier molecular flexibility index (Phi) is 1.07. The van der Waals surface area contributed by atoms with Gasteiger partial charge in [-0.15, -0.1) is 0 Å². The molecule has 3 saturated heterocycles. The largest absolute Gasteiger partial charge is 0.432 e. The van der Waals surface area contributed by atoms with Gasteiger partial charge in [0.15, 0.2) is 0 Å². The number of epoxide rings is 1. The van der Waals surface area contributed by atoms with Crippen molar-refractivity contribution in [3.63, 3.8) is 0 Å². The van der Waals surface area contributed by atoms with Crippen LogP contribution < -0.4 is 0 Å². The van der Waals surface area contributed by atoms with Crippen LogP contribution in [-0.2, 0) is 14.3 Å². The zero-order valence-corrected chi connectivity index (χ0v) is 8.16. The Balaban J connectivity index is 2.02. The van der Waals surface area contributed by atoms with E-state index >= 15 is 0 Å². The molecule has 3 nitrogen and oxygen atoms in total. The second kappa shape index (κ2) is 1.78. The van der Waals surface area contributed by atoms with Crippen LogP contribution in [0.3, 0.4) is 0 Å². The average Bonchev–Trinajstić information content (AvgIpc) is 2.59. The van der Waals surface area contributed by atoms with E-state index in [9.17, 15) is 4.79 Å². The third kappa shape index (κ3) is 0.688. The van der Waals surface area contributed by atoms with E-state index in [1.807, 2.05) is 0 Å². The van der Waals surface area contributed by atoms with E-state index in [0.717, 1.165) is 6.42 Å². The van der Waals surface area contributed by atoms with Crippen molar-refractivity contribution < 1.29 is 14.3 Å². The fourth-order valence-corrected chi connectivity index (χ4v) is 3.07. The lowest BCUT2D eigenvalue weighted by atomic mass is 9.51. The van der Waals surface area contributed by atoms with Gasteiger partial charge in [-0.2, -0.15) is 0 Å². The Bertz CT molecular complexity index is 297. The maximum absolute atomic E-state index is 11.5. The van der Waals surface area contributed by atoms with Gasteiger partial charge in [0.05, 0.1) is 5.92 Å². The van der Waals surface area contributed by atoms with Crippen LogP contribution in [0.15, 0.2) is 0 Å². The summed E-state index contributed by atoms with van der Waals surface area (Å²) >= 11 is 0. The molecule has 0 aromatic rings. The number of ether oxygens (including phenoxy) is 2. The molecule has 4 rings (SSSR count). The molecule has 72 valence electrons. The lowest BCUT2D eigenvalue weighted by Crippen LogP contribution is -2.52. The van der Waals surface area contributed by atoms with Crippen LogP contribution in [0, 0.1) is 17.3 Å². The van der Waals surface area contributed by atoms with E-state index in [2.05, 4.69) is 20.8 Å². The minimum Gasteiger partial charge on any atom is -0.432 e. The van der Waals surface area contributed by atoms with E-state index in [1.54, 1.807) is 0 Å². The third-order valence-corrected chi connectivity index (χ3v) is 4.24. The molecule has 0 spiro atoms. The predicted molar refractivity (Wildman–Crippen MR) is 44.7 cm³/mol. The first-order valence-corrected chi connectivity index (χ1v) is 4.84. The van der Waals surface area contributed by atoms with E-state index in [4.69, 9.17) is 9.47 Å². The van der Waals surface area contributed by atoms with Gasteiger partial charge in [0.25, 0.3) is 0 Å². The Morgan fingerprint density at radius 1 is 1.38 bits per heavy atom. The number of esters is 1. The van der Waals surface area contributed by atoms with Crippen molar-refractivity contribution in [2.75, 3.05) is 0 Å². The molecule has 1 aliphatic carbocycles. The molecular formula is C10H14O3. The molecular weight excluding hydrogens is 168 g/mol. The maximum atomic E-state index is 11.5. The molecule has 3 aliphatic heterocycles. The summed E-state index contributed by atoms with van der Waals surface area (Å²) in [5.74, 6) is 0.527. The van der Waals surface area contributed by atoms with Gasteiger partial charge < -0.3 is 9.47 Å². The van der Waals surface area contributed by atoms with Crippen LogP contribution in [0.4, 0.5) is 0 Å². The van der Waals surface area contributed by atoms with Gasteiger partial charge in [0, 0.05) is 5.92 Å². The predicted octanol–water partition coefficient (Wildman–Crippen LogP) is 1.32. The molecule has 3 heterocycles. The average molecular weight is 182 g/mol. The topological polar surface area (TPSA) is 38.8 Å². The van der Waals surface area contributed by atoms with E-state index in [1.165, 1.54) is 0 Å². The minimum absolute atomic E-state index is 0.0625. The highest BCUT2D eigenvalue weighted by Gasteiger charge is 2.73. The first kappa shape index (κ1) is 7.80. The number of rotatable bonds is 0. The summed E-state index contributed by atoms with van der Waals surface area (Å²) in [4.78, 5) is 11.5. The molecule has 0 unspecified atom stereocenters. The fourth-order valence-electron chi connectivity index (χ4n) is 3.07. The zero-order valence-electron chi connectivity index (χ0n) is 8.16. The highest BCUT2D eigenvalue weighted by atomic mass is 16.8. The summed E-state index contributed by atoms with van der Waals surface area (Å²) in [6, 6.07) is 0. The smallest absolute Gasteiger partial charge is 0.311 e. The lowest BCUT2D eigenvalue weighted by Gasteiger charge is -2.50. The molecule has 4 aliphatic rings. The Hall–Kier alpha value is -0.570. The monoisotopic (exact) mass is 182 g/mol. The Morgan fingerprint density at radius 3 is 2.69 bits per heavy atom. The van der Waals surface area contributed by atoms with Crippen LogP contribution in [0.5, 0.6) is 0 Å². The second-order valence-electron chi connectivity index (χ2n) is 5.23. The van der Waals surface area contributed by atoms with Crippen molar-refractivity contribution in [2.45, 2.75) is 39.1 Å². The van der Waals surface area contributed by atoms with Gasteiger partial charge in [-0.05, 0) is 18.8 Å². The molecule has 0 aromatic carbocycles. The van der Waals surface area contributed by atoms with Crippen molar-refractivity contribution in [1.29, 1.82) is 0 Å². The standard InChI is InChI=1S/C10H14O3/c1-9(2)5-4-6(9)10(3)8(13-10)12-7(5)11/h5-6,8H,4H2,1-3H3/t5-,6-,8-,10-/m1/s1. The first-order valence-electron chi connectivity index (χ1n) is 4.84. The van der Waals surface area contributed by atoms with Gasteiger partial charge >= 0.3 is 5.97 Å². The molecule has 1 saturated carbocycles. The molecule has 0 radical (unpaired) electrons. The zero-order chi connectivity index (χ0) is 9.43. The summed E-state index contributed by atoms with van der Waals surface area (Å²) in [5, 5.41) is 0. The van der Waals surface area contributed by atoms with E-state index in [-0.39, 0.29) is 29.2 Å². The molecule has 0 N–H and O–H groups in total. The summed E-state index contributed by atoms with van der Waals surface area (Å²) in [6.07, 6.45) is 0.690. The summed E-state index contributed by atoms with van der Waals surface area (Å²) in [5.41, 5.74) is -0.108. The fraction of sp³-hybridized carbons (Fsp3) is 0.900. The van der Waals surface area contributed by atoms with Crippen molar-refractivity contribution in [1.82, 2.24) is 0 Å². The highest BCUT2D eigenvalue weighted by molar-refractivity contribution is 5.76. The minimum atomic E-state index is -0.253. The molecule has 2 bridgehead atoms. The maximum Gasteiger partial charge on any atom is 0.311 e. The summed E-state index contributed by atoms with van der Waals surface area (Å²) in [7, 11) is 0. The quantitative estimate of drug-likeness (QED) is 0.419. The van der Waals surface area contributed by atoms with Gasteiger partial charge in [-0.3, -0.25) is 4.79 Å². The Labute approximate surface area is 77.4 Å². The molecule has 0 amide bonds. The van der Waals surface area contributed by atoms with Crippen molar-refractivity contribution >= 4 is 5.97 Å². The van der Waals surface area contributed by atoms with Gasteiger partial charge in [0.2, 0.25) is 6.29 Å². The number of hydrogen-bond acceptors (Lipinski definition) is 3. The molecule has 13 heavy (non-hydrogen) atoms. The third-order valence-electron chi connectivity index (χ3n) is 4.24. The normalized spacial score (nSPS) is 55.6. The highest BCUT2D eigenvalue weighted by Crippen LogP contribution is 2.65. The van der Waals surface area contributed by atoms with Crippen molar-refractivity contribution in [2.24, 2.45) is 17.3 Å². The summed E-state index contributed by atoms with van der Waals surface area (Å²) in [6.45, 7) is 6.34. The first-order chi connectivity index (χ1) is 5.96. The molecule has 3 heteroatoms. The molecule has 0 aromatic heterocycles. The van der Waals surface area contributed by atoms with Crippen LogP contribution in [-0.4, -0.2) is 17.9 Å².